The first-order valence-corrected chi connectivity index (χ1v) is 11.4. The first kappa shape index (κ1) is 19.9. The topological polar surface area (TPSA) is 96.9 Å². The number of hydrogen-bond acceptors (Lipinski definition) is 6. The van der Waals surface area contributed by atoms with E-state index >= 15 is 0 Å². The number of rotatable bonds is 5. The van der Waals surface area contributed by atoms with Crippen molar-refractivity contribution >= 4 is 49.2 Å². The second-order valence-electron chi connectivity index (χ2n) is 7.30. The monoisotopic (exact) mass is 441 g/mol. The summed E-state index contributed by atoms with van der Waals surface area (Å²) in [7, 11) is -3.80. The molecule has 0 unspecified atom stereocenters. The number of sulfonamides is 1. The Morgan fingerprint density at radius 2 is 1.38 bits per heavy atom. The third-order valence-electron chi connectivity index (χ3n) is 5.04. The summed E-state index contributed by atoms with van der Waals surface area (Å²) in [5, 5.41) is 5.42. The van der Waals surface area contributed by atoms with Gasteiger partial charge in [0.2, 0.25) is 5.95 Å². The maximum atomic E-state index is 12.7. The van der Waals surface area contributed by atoms with E-state index in [0.717, 1.165) is 33.2 Å². The summed E-state index contributed by atoms with van der Waals surface area (Å²) in [6.07, 6.45) is 1.51. The van der Waals surface area contributed by atoms with Gasteiger partial charge in [0.1, 0.15) is 0 Å². The molecule has 2 N–H and O–H groups in total. The number of aromatic nitrogens is 3. The molecular formula is C24H19N5O2S. The molecule has 32 heavy (non-hydrogen) atoms. The van der Waals surface area contributed by atoms with Crippen LogP contribution in [0.3, 0.4) is 0 Å². The fraction of sp³-hybridized carbons (Fsp3) is 0.0417. The summed E-state index contributed by atoms with van der Waals surface area (Å²) in [6.45, 7) is 1.77. The van der Waals surface area contributed by atoms with E-state index in [0.29, 0.717) is 5.69 Å². The van der Waals surface area contributed by atoms with Crippen LogP contribution in [0.5, 0.6) is 0 Å². The van der Waals surface area contributed by atoms with Crippen LogP contribution in [0.25, 0.3) is 21.8 Å². The van der Waals surface area contributed by atoms with Crippen LogP contribution in [0.1, 0.15) is 5.69 Å². The highest BCUT2D eigenvalue weighted by Crippen LogP contribution is 2.33. The van der Waals surface area contributed by atoms with Gasteiger partial charge in [-0.15, -0.1) is 0 Å². The Hall–Kier alpha value is -4.04. The standard InChI is InChI=1S/C24H19N5O2S/c1-16-14-15-25-24(26-16)29-32(30,31)18-12-10-17(11-13-18)27-23-19-6-2-4-8-21(19)28-22-9-5-3-7-20(22)23/h2-15H,1H3,(H,27,28)(H,25,26,29). The molecule has 0 saturated heterocycles. The minimum absolute atomic E-state index is 0.0435. The predicted octanol–water partition coefficient (Wildman–Crippen LogP) is 5.03. The minimum atomic E-state index is -3.80. The van der Waals surface area contributed by atoms with E-state index in [2.05, 4.69) is 20.0 Å². The van der Waals surface area contributed by atoms with E-state index in [1.807, 2.05) is 48.5 Å². The van der Waals surface area contributed by atoms with Gasteiger partial charge in [-0.05, 0) is 49.4 Å². The molecule has 0 radical (unpaired) electrons. The lowest BCUT2D eigenvalue weighted by molar-refractivity contribution is 0.601. The molecule has 0 aliphatic rings. The molecule has 0 amide bonds. The largest absolute Gasteiger partial charge is 0.354 e. The molecule has 158 valence electrons. The maximum absolute atomic E-state index is 12.7. The van der Waals surface area contributed by atoms with Crippen molar-refractivity contribution in [2.45, 2.75) is 11.8 Å². The van der Waals surface area contributed by atoms with Crippen molar-refractivity contribution in [3.63, 3.8) is 0 Å². The van der Waals surface area contributed by atoms with E-state index < -0.39 is 10.0 Å². The third kappa shape index (κ3) is 3.83. The Labute approximate surface area is 185 Å². The fourth-order valence-electron chi connectivity index (χ4n) is 3.51. The van der Waals surface area contributed by atoms with Gasteiger partial charge in [-0.1, -0.05) is 36.4 Å². The highest BCUT2D eigenvalue weighted by Gasteiger charge is 2.16. The summed E-state index contributed by atoms with van der Waals surface area (Å²) >= 11 is 0. The van der Waals surface area contributed by atoms with Crippen LogP contribution < -0.4 is 10.0 Å². The van der Waals surface area contributed by atoms with Gasteiger partial charge in [0.25, 0.3) is 10.0 Å². The van der Waals surface area contributed by atoms with Crippen LogP contribution in [0.15, 0.2) is 90.0 Å². The molecule has 0 aliphatic heterocycles. The van der Waals surface area contributed by atoms with Crippen LogP contribution in [0.4, 0.5) is 17.3 Å². The number of para-hydroxylation sites is 2. The zero-order valence-electron chi connectivity index (χ0n) is 17.1. The Morgan fingerprint density at radius 3 is 2.00 bits per heavy atom. The molecule has 0 saturated carbocycles. The quantitative estimate of drug-likeness (QED) is 0.371. The Bertz CT molecular complexity index is 1500. The lowest BCUT2D eigenvalue weighted by atomic mass is 10.1. The molecule has 5 rings (SSSR count). The zero-order chi connectivity index (χ0) is 22.1. The van der Waals surface area contributed by atoms with E-state index in [1.54, 1.807) is 37.3 Å². The molecule has 0 aliphatic carbocycles. The van der Waals surface area contributed by atoms with Crippen LogP contribution in [-0.4, -0.2) is 23.4 Å². The zero-order valence-corrected chi connectivity index (χ0v) is 18.0. The summed E-state index contributed by atoms with van der Waals surface area (Å²) < 4.78 is 27.8. The van der Waals surface area contributed by atoms with Gasteiger partial charge in [0.15, 0.2) is 0 Å². The fourth-order valence-corrected chi connectivity index (χ4v) is 4.46. The Kier molecular flexibility index (Phi) is 4.91. The van der Waals surface area contributed by atoms with Crippen molar-refractivity contribution < 1.29 is 8.42 Å². The first-order chi connectivity index (χ1) is 15.5. The van der Waals surface area contributed by atoms with Crippen LogP contribution >= 0.6 is 0 Å². The SMILES string of the molecule is Cc1ccnc(NS(=O)(=O)c2ccc(Nc3c4ccccc4nc4ccccc34)cc2)n1. The molecule has 8 heteroatoms. The van der Waals surface area contributed by atoms with Crippen LogP contribution in [0.2, 0.25) is 0 Å². The highest BCUT2D eigenvalue weighted by molar-refractivity contribution is 7.92. The van der Waals surface area contributed by atoms with Gasteiger partial charge in [-0.25, -0.2) is 28.1 Å². The summed E-state index contributed by atoms with van der Waals surface area (Å²) in [5.74, 6) is 0.0435. The molecule has 7 nitrogen and oxygen atoms in total. The molecule has 0 atom stereocenters. The number of benzene rings is 3. The minimum Gasteiger partial charge on any atom is -0.354 e. The lowest BCUT2D eigenvalue weighted by Crippen LogP contribution is -2.15. The maximum Gasteiger partial charge on any atom is 0.264 e. The molecule has 0 bridgehead atoms. The third-order valence-corrected chi connectivity index (χ3v) is 6.39. The van der Waals surface area contributed by atoms with E-state index in [1.165, 1.54) is 6.20 Å². The summed E-state index contributed by atoms with van der Waals surface area (Å²) in [5.41, 5.74) is 4.13. The van der Waals surface area contributed by atoms with Crippen molar-refractivity contribution in [2.24, 2.45) is 0 Å². The summed E-state index contributed by atoms with van der Waals surface area (Å²) in [6, 6.07) is 24.1. The van der Waals surface area contributed by atoms with Crippen molar-refractivity contribution in [2.75, 3.05) is 10.0 Å². The smallest absolute Gasteiger partial charge is 0.264 e. The average Bonchev–Trinajstić information content (AvgIpc) is 2.79. The molecule has 0 spiro atoms. The predicted molar refractivity (Wildman–Crippen MR) is 127 cm³/mol. The molecule has 0 fully saturated rings. The van der Waals surface area contributed by atoms with Gasteiger partial charge in [0.05, 0.1) is 21.6 Å². The van der Waals surface area contributed by atoms with Crippen molar-refractivity contribution in [3.05, 3.63) is 90.8 Å². The summed E-state index contributed by atoms with van der Waals surface area (Å²) in [4.78, 5) is 12.9. The second kappa shape index (κ2) is 7.90. The van der Waals surface area contributed by atoms with Gasteiger partial charge in [-0.3, -0.25) is 0 Å². The number of aryl methyl sites for hydroxylation is 1. The Morgan fingerprint density at radius 1 is 0.750 bits per heavy atom. The molecule has 2 aromatic heterocycles. The van der Waals surface area contributed by atoms with Crippen LogP contribution in [-0.2, 0) is 10.0 Å². The van der Waals surface area contributed by atoms with Crippen LogP contribution in [0, 0.1) is 6.92 Å². The van der Waals surface area contributed by atoms with E-state index in [9.17, 15) is 8.42 Å². The normalized spacial score (nSPS) is 11.5. The van der Waals surface area contributed by atoms with Gasteiger partial charge >= 0.3 is 0 Å². The van der Waals surface area contributed by atoms with Gasteiger partial charge < -0.3 is 5.32 Å². The molecule has 2 heterocycles. The average molecular weight is 442 g/mol. The second-order valence-corrected chi connectivity index (χ2v) is 8.98. The Balaban J connectivity index is 1.48. The lowest BCUT2D eigenvalue weighted by Gasteiger charge is -2.14. The van der Waals surface area contributed by atoms with E-state index in [-0.39, 0.29) is 10.8 Å². The van der Waals surface area contributed by atoms with Crippen molar-refractivity contribution in [1.82, 2.24) is 15.0 Å². The first-order valence-electron chi connectivity index (χ1n) is 9.97. The van der Waals surface area contributed by atoms with Crippen molar-refractivity contribution in [1.29, 1.82) is 0 Å². The van der Waals surface area contributed by atoms with Gasteiger partial charge in [-0.2, -0.15) is 0 Å². The number of pyridine rings is 1. The number of nitrogens with one attached hydrogen (secondary N) is 2. The molecular weight excluding hydrogens is 422 g/mol. The van der Waals surface area contributed by atoms with Crippen molar-refractivity contribution in [3.8, 4) is 0 Å². The number of hydrogen-bond donors (Lipinski definition) is 2. The molecule has 5 aromatic rings. The number of fused-ring (bicyclic) bond motifs is 2. The van der Waals surface area contributed by atoms with E-state index in [4.69, 9.17) is 4.98 Å². The highest BCUT2D eigenvalue weighted by atomic mass is 32.2. The number of nitrogens with zero attached hydrogens (tertiary/aromatic N) is 3. The molecule has 3 aromatic carbocycles. The number of anilines is 3. The van der Waals surface area contributed by atoms with Gasteiger partial charge in [0, 0.05) is 28.4 Å².